The van der Waals surface area contributed by atoms with Crippen LogP contribution in [0.4, 0.5) is 0 Å². The van der Waals surface area contributed by atoms with Crippen molar-refractivity contribution in [1.29, 1.82) is 0 Å². The van der Waals surface area contributed by atoms with Gasteiger partial charge in [-0.25, -0.2) is 0 Å². The van der Waals surface area contributed by atoms with Gasteiger partial charge in [-0.3, -0.25) is 40.2 Å². The van der Waals surface area contributed by atoms with E-state index in [-0.39, 0.29) is 39.5 Å². The second-order valence-electron chi connectivity index (χ2n) is 17.4. The van der Waals surface area contributed by atoms with E-state index in [1.54, 1.807) is 89.4 Å². The van der Waals surface area contributed by atoms with Crippen LogP contribution in [0.5, 0.6) is 23.0 Å². The van der Waals surface area contributed by atoms with Crippen molar-refractivity contribution in [3.8, 4) is 34.1 Å². The Labute approximate surface area is 441 Å². The highest BCUT2D eigenvalue weighted by Gasteiger charge is 2.27. The van der Waals surface area contributed by atoms with Gasteiger partial charge in [0.2, 0.25) is 0 Å². The molecule has 0 saturated heterocycles. The Morgan fingerprint density at radius 3 is 1.34 bits per heavy atom. The largest absolute Gasteiger partial charge is 0.488 e. The van der Waals surface area contributed by atoms with Gasteiger partial charge < -0.3 is 38.6 Å². The second kappa shape index (κ2) is 27.4. The summed E-state index contributed by atoms with van der Waals surface area (Å²) in [5.41, 5.74) is 10.3. The quantitative estimate of drug-likeness (QED) is 0.0355. The zero-order valence-electron chi connectivity index (χ0n) is 42.6. The maximum atomic E-state index is 12.1. The summed E-state index contributed by atoms with van der Waals surface area (Å²) >= 11 is 13.8. The van der Waals surface area contributed by atoms with E-state index in [0.717, 1.165) is 55.6 Å². The van der Waals surface area contributed by atoms with Gasteiger partial charge in [0.25, 0.3) is 0 Å². The Morgan fingerprint density at radius 2 is 0.973 bits per heavy atom. The number of carbonyl (C=O) groups is 2. The average molecular weight is 1050 g/mol. The van der Waals surface area contributed by atoms with Crippen LogP contribution in [-0.4, -0.2) is 97.2 Å². The van der Waals surface area contributed by atoms with Crippen molar-refractivity contribution in [3.63, 3.8) is 0 Å². The SMILES string of the molecule is CN=Cc1cncc(COc2cc(OCc3cccc(-c4cccc(COc5cc(OCc6cncc(C=NC)c6)c(CN[C@H](C(=O)O)[C@@H](C)OC)cc5Cl)c4C)c3C)c(Cl)cc2CN[C@H](C(=O)O)[C@@H](C)OC)c1. The molecule has 0 fully saturated rings. The maximum absolute atomic E-state index is 12.1. The normalized spacial score (nSPS) is 13.2. The topological polar surface area (TPSA) is 205 Å². The molecule has 6 aromatic rings. The molecular formula is C56H62Cl2N6O10. The van der Waals surface area contributed by atoms with Gasteiger partial charge in [-0.15, -0.1) is 0 Å². The molecule has 0 aliphatic carbocycles. The molecule has 0 radical (unpaired) electrons. The van der Waals surface area contributed by atoms with Crippen LogP contribution < -0.4 is 29.6 Å². The third-order valence-electron chi connectivity index (χ3n) is 12.4. The molecular weight excluding hydrogens is 988 g/mol. The number of ether oxygens (including phenoxy) is 6. The van der Waals surface area contributed by atoms with Gasteiger partial charge in [-0.1, -0.05) is 59.6 Å². The number of methoxy groups -OCH3 is 2. The van der Waals surface area contributed by atoms with E-state index in [4.69, 9.17) is 51.6 Å². The Bertz CT molecular complexity index is 2760. The number of aliphatic carboxylic acids is 2. The van der Waals surface area contributed by atoms with Crippen LogP contribution >= 0.6 is 23.2 Å². The molecule has 390 valence electrons. The molecule has 0 aliphatic heterocycles. The van der Waals surface area contributed by atoms with E-state index in [1.807, 2.05) is 50.2 Å². The summed E-state index contributed by atoms with van der Waals surface area (Å²) in [6.45, 7) is 8.37. The molecule has 0 bridgehead atoms. The Balaban J connectivity index is 1.22. The summed E-state index contributed by atoms with van der Waals surface area (Å²) in [6.07, 6.45) is 9.01. The first-order valence-electron chi connectivity index (χ1n) is 23.7. The first kappa shape index (κ1) is 56.4. The number of halogens is 2. The molecule has 4 atom stereocenters. The standard InChI is InChI=1S/C56H62Cl2N6O10/c1-33-41(31-73-51-19-49(71-29-39-15-37(21-59-5)23-61-25-39)43(17-47(51)57)27-63-53(55(65)66)35(3)69-7)11-9-13-45(33)46-14-10-12-42(34(46)2)32-74-52-20-50(72-30-40-16-38(22-60-6)24-62-26-40)44(18-48(52)58)28-64-54(56(67)68)36(4)70-8/h9-26,35-36,53-54,63-64H,27-32H2,1-8H3,(H,65,66)(H,67,68)/t35-,36-,53+,54+/m1/s1. The van der Waals surface area contributed by atoms with E-state index in [0.29, 0.717) is 44.2 Å². The average Bonchev–Trinajstić information content (AvgIpc) is 3.38. The van der Waals surface area contributed by atoms with E-state index >= 15 is 0 Å². The Kier molecular flexibility index (Phi) is 20.9. The molecule has 2 heterocycles. The first-order valence-corrected chi connectivity index (χ1v) is 24.4. The lowest BCUT2D eigenvalue weighted by Crippen LogP contribution is -2.45. The fraction of sp³-hybridized carbons (Fsp3) is 0.321. The number of benzene rings is 4. The number of pyridine rings is 2. The molecule has 18 heteroatoms. The van der Waals surface area contributed by atoms with Crippen molar-refractivity contribution in [1.82, 2.24) is 20.6 Å². The number of carboxylic acids is 2. The van der Waals surface area contributed by atoms with Crippen LogP contribution in [0.2, 0.25) is 10.0 Å². The lowest BCUT2D eigenvalue weighted by molar-refractivity contribution is -0.144. The number of carboxylic acid groups (broad SMARTS) is 2. The van der Waals surface area contributed by atoms with Crippen molar-refractivity contribution in [2.75, 3.05) is 28.3 Å². The van der Waals surface area contributed by atoms with E-state index in [9.17, 15) is 19.8 Å². The maximum Gasteiger partial charge on any atom is 0.323 e. The highest BCUT2D eigenvalue weighted by Crippen LogP contribution is 2.37. The van der Waals surface area contributed by atoms with Gasteiger partial charge in [-0.2, -0.15) is 0 Å². The molecule has 6 rings (SSSR count). The predicted octanol–water partition coefficient (Wildman–Crippen LogP) is 9.64. The lowest BCUT2D eigenvalue weighted by Gasteiger charge is -2.22. The minimum atomic E-state index is -1.05. The molecule has 0 aliphatic rings. The van der Waals surface area contributed by atoms with Crippen molar-refractivity contribution >= 4 is 47.6 Å². The monoisotopic (exact) mass is 1050 g/mol. The summed E-state index contributed by atoms with van der Waals surface area (Å²) in [6, 6.07) is 20.8. The van der Waals surface area contributed by atoms with Crippen LogP contribution in [0.1, 0.15) is 69.5 Å². The van der Waals surface area contributed by atoms with Gasteiger partial charge in [0.15, 0.2) is 0 Å². The lowest BCUT2D eigenvalue weighted by atomic mass is 9.92. The first-order chi connectivity index (χ1) is 35.6. The van der Waals surface area contributed by atoms with Crippen molar-refractivity contribution in [2.24, 2.45) is 9.98 Å². The van der Waals surface area contributed by atoms with E-state index < -0.39 is 36.2 Å². The Hall–Kier alpha value is -6.92. The number of hydrogen-bond acceptors (Lipinski definition) is 14. The smallest absolute Gasteiger partial charge is 0.323 e. The molecule has 0 unspecified atom stereocenters. The third kappa shape index (κ3) is 15.1. The van der Waals surface area contributed by atoms with Crippen LogP contribution in [-0.2, 0) is 58.6 Å². The van der Waals surface area contributed by atoms with Crippen LogP contribution in [0, 0.1) is 13.8 Å². The van der Waals surface area contributed by atoms with Crippen molar-refractivity contribution in [2.45, 2.75) is 91.5 Å². The number of aliphatic imine (C=N–C) groups is 2. The fourth-order valence-electron chi connectivity index (χ4n) is 8.05. The van der Waals surface area contributed by atoms with Crippen LogP contribution in [0.3, 0.4) is 0 Å². The van der Waals surface area contributed by atoms with Crippen molar-refractivity contribution in [3.05, 3.63) is 163 Å². The highest BCUT2D eigenvalue weighted by atomic mass is 35.5. The molecule has 2 aromatic heterocycles. The molecule has 74 heavy (non-hydrogen) atoms. The van der Waals surface area contributed by atoms with Gasteiger partial charge in [-0.05, 0) is 85.3 Å². The molecule has 0 spiro atoms. The third-order valence-corrected chi connectivity index (χ3v) is 13.0. The van der Waals surface area contributed by atoms with Gasteiger partial charge in [0, 0.05) is 124 Å². The van der Waals surface area contributed by atoms with Crippen LogP contribution in [0.15, 0.2) is 108 Å². The molecule has 16 nitrogen and oxygen atoms in total. The minimum absolute atomic E-state index is 0.118. The summed E-state index contributed by atoms with van der Waals surface area (Å²) < 4.78 is 36.2. The zero-order chi connectivity index (χ0) is 53.3. The van der Waals surface area contributed by atoms with Crippen molar-refractivity contribution < 1.29 is 48.2 Å². The second-order valence-corrected chi connectivity index (χ2v) is 18.2. The number of nitrogens with zero attached hydrogens (tertiary/aromatic N) is 4. The van der Waals surface area contributed by atoms with E-state index in [2.05, 4.69) is 42.7 Å². The molecule has 4 aromatic carbocycles. The number of aromatic nitrogens is 2. The van der Waals surface area contributed by atoms with E-state index in [1.165, 1.54) is 14.2 Å². The summed E-state index contributed by atoms with van der Waals surface area (Å²) in [5, 5.41) is 26.6. The Morgan fingerprint density at radius 1 is 0.581 bits per heavy atom. The predicted molar refractivity (Wildman–Crippen MR) is 287 cm³/mol. The number of rotatable bonds is 27. The fourth-order valence-corrected chi connectivity index (χ4v) is 8.53. The van der Waals surface area contributed by atoms with Gasteiger partial charge in [0.05, 0.1) is 22.3 Å². The van der Waals surface area contributed by atoms with Gasteiger partial charge >= 0.3 is 11.9 Å². The summed E-state index contributed by atoms with van der Waals surface area (Å²) in [4.78, 5) is 41.0. The summed E-state index contributed by atoms with van der Waals surface area (Å²) in [5.74, 6) is -0.456. The minimum Gasteiger partial charge on any atom is -0.488 e. The van der Waals surface area contributed by atoms with Gasteiger partial charge in [0.1, 0.15) is 61.5 Å². The van der Waals surface area contributed by atoms with Crippen LogP contribution in [0.25, 0.3) is 11.1 Å². The molecule has 0 amide bonds. The number of hydrogen-bond donors (Lipinski definition) is 4. The molecule has 4 N–H and O–H groups in total. The summed E-state index contributed by atoms with van der Waals surface area (Å²) in [7, 11) is 6.29. The highest BCUT2D eigenvalue weighted by molar-refractivity contribution is 6.32. The molecule has 0 saturated carbocycles. The zero-order valence-corrected chi connectivity index (χ0v) is 44.2. The number of nitrogens with one attached hydrogen (secondary N) is 2.